The highest BCUT2D eigenvalue weighted by Crippen LogP contribution is 2.21. The number of hydrogen-bond acceptors (Lipinski definition) is 5. The van der Waals surface area contributed by atoms with Gasteiger partial charge in [0.25, 0.3) is 0 Å². The second kappa shape index (κ2) is 10.1. The lowest BCUT2D eigenvalue weighted by molar-refractivity contribution is -0.00805. The minimum atomic E-state index is -0.00321. The van der Waals surface area contributed by atoms with E-state index in [0.29, 0.717) is 19.8 Å². The lowest BCUT2D eigenvalue weighted by Gasteiger charge is -2.34. The summed E-state index contributed by atoms with van der Waals surface area (Å²) in [6.07, 6.45) is 5.63. The molecule has 0 amide bonds. The molecular formula is C23H28N6O2. The number of aliphatic imine (C=N–C) groups is 1. The van der Waals surface area contributed by atoms with Gasteiger partial charge in [0.15, 0.2) is 5.96 Å². The molecule has 1 atom stereocenters. The SMILES string of the molecule is CN=C(NCc1ccc(OCc2ccccn2)cc1)N1CCOC(c2cnn(C)c2)C1. The van der Waals surface area contributed by atoms with Crippen LogP contribution in [0.1, 0.15) is 22.9 Å². The highest BCUT2D eigenvalue weighted by Gasteiger charge is 2.25. The molecule has 1 saturated heterocycles. The van der Waals surface area contributed by atoms with Gasteiger partial charge in [0, 0.05) is 45.1 Å². The molecule has 1 aromatic carbocycles. The van der Waals surface area contributed by atoms with Crippen molar-refractivity contribution in [1.82, 2.24) is 25.0 Å². The Morgan fingerprint density at radius 3 is 2.84 bits per heavy atom. The summed E-state index contributed by atoms with van der Waals surface area (Å²) in [6.45, 7) is 3.34. The molecule has 3 heterocycles. The number of hydrogen-bond donors (Lipinski definition) is 1. The fraction of sp³-hybridized carbons (Fsp3) is 0.348. The normalized spacial score (nSPS) is 16.9. The summed E-state index contributed by atoms with van der Waals surface area (Å²) in [6, 6.07) is 13.9. The average Bonchev–Trinajstić information content (AvgIpc) is 3.26. The molecule has 1 aliphatic rings. The van der Waals surface area contributed by atoms with Crippen LogP contribution in [0.5, 0.6) is 5.75 Å². The summed E-state index contributed by atoms with van der Waals surface area (Å²) in [5.41, 5.74) is 3.15. The number of pyridine rings is 1. The fourth-order valence-corrected chi connectivity index (χ4v) is 3.51. The number of morpholine rings is 1. The number of rotatable bonds is 6. The maximum absolute atomic E-state index is 5.94. The van der Waals surface area contributed by atoms with E-state index < -0.39 is 0 Å². The lowest BCUT2D eigenvalue weighted by Crippen LogP contribution is -2.47. The minimum Gasteiger partial charge on any atom is -0.487 e. The molecule has 0 aliphatic carbocycles. The van der Waals surface area contributed by atoms with Crippen molar-refractivity contribution in [2.75, 3.05) is 26.7 Å². The number of aromatic nitrogens is 3. The highest BCUT2D eigenvalue weighted by atomic mass is 16.5. The van der Waals surface area contributed by atoms with Crippen molar-refractivity contribution < 1.29 is 9.47 Å². The van der Waals surface area contributed by atoms with E-state index in [1.54, 1.807) is 10.9 Å². The third-order valence-electron chi connectivity index (χ3n) is 5.16. The Balaban J connectivity index is 1.29. The summed E-state index contributed by atoms with van der Waals surface area (Å²) in [7, 11) is 3.73. The van der Waals surface area contributed by atoms with Crippen molar-refractivity contribution in [3.05, 3.63) is 77.9 Å². The molecule has 0 saturated carbocycles. The predicted octanol–water partition coefficient (Wildman–Crippen LogP) is 2.54. The van der Waals surface area contributed by atoms with E-state index in [9.17, 15) is 0 Å². The van der Waals surface area contributed by atoms with Gasteiger partial charge in [0.1, 0.15) is 18.5 Å². The van der Waals surface area contributed by atoms with Crippen LogP contribution in [0.25, 0.3) is 0 Å². The van der Waals surface area contributed by atoms with Crippen molar-refractivity contribution in [3.8, 4) is 5.75 Å². The Bertz CT molecular complexity index is 987. The third-order valence-corrected chi connectivity index (χ3v) is 5.16. The van der Waals surface area contributed by atoms with Crippen molar-refractivity contribution in [2.45, 2.75) is 19.3 Å². The first-order valence-corrected chi connectivity index (χ1v) is 10.4. The molecule has 2 aromatic heterocycles. The second-order valence-electron chi connectivity index (χ2n) is 7.41. The van der Waals surface area contributed by atoms with Gasteiger partial charge in [-0.15, -0.1) is 0 Å². The Kier molecular flexibility index (Phi) is 6.78. The van der Waals surface area contributed by atoms with Crippen LogP contribution < -0.4 is 10.1 Å². The van der Waals surface area contributed by atoms with Crippen molar-refractivity contribution >= 4 is 5.96 Å². The largest absolute Gasteiger partial charge is 0.487 e. The van der Waals surface area contributed by atoms with Crippen LogP contribution in [0.4, 0.5) is 0 Å². The molecule has 1 aliphatic heterocycles. The van der Waals surface area contributed by atoms with E-state index in [1.165, 1.54) is 0 Å². The second-order valence-corrected chi connectivity index (χ2v) is 7.41. The summed E-state index contributed by atoms with van der Waals surface area (Å²) in [5, 5.41) is 7.71. The van der Waals surface area contributed by atoms with Crippen molar-refractivity contribution in [1.29, 1.82) is 0 Å². The van der Waals surface area contributed by atoms with E-state index >= 15 is 0 Å². The first-order valence-electron chi connectivity index (χ1n) is 10.4. The molecule has 31 heavy (non-hydrogen) atoms. The van der Waals surface area contributed by atoms with Gasteiger partial charge in [-0.2, -0.15) is 5.10 Å². The standard InChI is InChI=1S/C23H28N6O2/c1-24-23(29-11-12-30-22(16-29)19-14-27-28(2)15-19)26-13-18-6-8-21(9-7-18)31-17-20-5-3-4-10-25-20/h3-10,14-15,22H,11-13,16-17H2,1-2H3,(H,24,26). The maximum Gasteiger partial charge on any atom is 0.194 e. The zero-order valence-corrected chi connectivity index (χ0v) is 17.9. The van der Waals surface area contributed by atoms with Crippen molar-refractivity contribution in [2.24, 2.45) is 12.0 Å². The quantitative estimate of drug-likeness (QED) is 0.488. The Morgan fingerprint density at radius 2 is 2.13 bits per heavy atom. The zero-order chi connectivity index (χ0) is 21.5. The number of guanidine groups is 1. The number of nitrogens with zero attached hydrogens (tertiary/aromatic N) is 5. The van der Waals surface area contributed by atoms with Crippen LogP contribution in [-0.4, -0.2) is 52.4 Å². The van der Waals surface area contributed by atoms with Crippen LogP contribution in [0.3, 0.4) is 0 Å². The van der Waals surface area contributed by atoms with Crippen LogP contribution in [0, 0.1) is 0 Å². The Morgan fingerprint density at radius 1 is 1.26 bits per heavy atom. The van der Waals surface area contributed by atoms with Gasteiger partial charge in [-0.3, -0.25) is 14.7 Å². The van der Waals surface area contributed by atoms with Gasteiger partial charge in [-0.05, 0) is 29.8 Å². The topological polar surface area (TPSA) is 76.8 Å². The van der Waals surface area contributed by atoms with Gasteiger partial charge in [-0.1, -0.05) is 18.2 Å². The third kappa shape index (κ3) is 5.61. The Labute approximate surface area is 182 Å². The van der Waals surface area contributed by atoms with E-state index in [2.05, 4.69) is 37.4 Å². The van der Waals surface area contributed by atoms with Gasteiger partial charge in [-0.25, -0.2) is 0 Å². The van der Waals surface area contributed by atoms with Crippen molar-refractivity contribution in [3.63, 3.8) is 0 Å². The number of aryl methyl sites for hydroxylation is 1. The summed E-state index contributed by atoms with van der Waals surface area (Å²) in [5.74, 6) is 1.69. The van der Waals surface area contributed by atoms with Crippen LogP contribution in [0.2, 0.25) is 0 Å². The Hall–Kier alpha value is -3.39. The van der Waals surface area contributed by atoms with Gasteiger partial charge < -0.3 is 19.7 Å². The molecule has 4 rings (SSSR count). The number of nitrogens with one attached hydrogen (secondary N) is 1. The predicted molar refractivity (Wildman–Crippen MR) is 119 cm³/mol. The molecule has 0 radical (unpaired) electrons. The molecule has 8 heteroatoms. The molecule has 162 valence electrons. The van der Waals surface area contributed by atoms with E-state index in [4.69, 9.17) is 9.47 Å². The molecule has 0 bridgehead atoms. The first-order chi connectivity index (χ1) is 15.2. The molecule has 0 spiro atoms. The van der Waals surface area contributed by atoms with E-state index in [1.807, 2.05) is 56.8 Å². The average molecular weight is 421 g/mol. The van der Waals surface area contributed by atoms with Crippen LogP contribution in [-0.2, 0) is 24.9 Å². The van der Waals surface area contributed by atoms with Gasteiger partial charge in [0.2, 0.25) is 0 Å². The van der Waals surface area contributed by atoms with E-state index in [-0.39, 0.29) is 6.10 Å². The smallest absolute Gasteiger partial charge is 0.194 e. The monoisotopic (exact) mass is 420 g/mol. The molecule has 3 aromatic rings. The minimum absolute atomic E-state index is 0.00321. The fourth-order valence-electron chi connectivity index (χ4n) is 3.51. The van der Waals surface area contributed by atoms with Gasteiger partial charge in [0.05, 0.1) is 25.0 Å². The molecule has 1 unspecified atom stereocenters. The molecular weight excluding hydrogens is 392 g/mol. The molecule has 8 nitrogen and oxygen atoms in total. The lowest BCUT2D eigenvalue weighted by atomic mass is 10.1. The first kappa shape index (κ1) is 20.9. The maximum atomic E-state index is 5.94. The van der Waals surface area contributed by atoms with Crippen LogP contribution >= 0.6 is 0 Å². The highest BCUT2D eigenvalue weighted by molar-refractivity contribution is 5.80. The summed E-state index contributed by atoms with van der Waals surface area (Å²) in [4.78, 5) is 11.0. The zero-order valence-electron chi connectivity index (χ0n) is 17.9. The van der Waals surface area contributed by atoms with Crippen LogP contribution in [0.15, 0.2) is 66.0 Å². The summed E-state index contributed by atoms with van der Waals surface area (Å²) >= 11 is 0. The van der Waals surface area contributed by atoms with E-state index in [0.717, 1.165) is 41.6 Å². The van der Waals surface area contributed by atoms with Gasteiger partial charge >= 0.3 is 0 Å². The summed E-state index contributed by atoms with van der Waals surface area (Å²) < 4.78 is 13.5. The number of benzene rings is 1. The molecule has 1 fully saturated rings. The molecule has 1 N–H and O–H groups in total. The number of ether oxygens (including phenoxy) is 2.